The van der Waals surface area contributed by atoms with Gasteiger partial charge in [0.15, 0.2) is 0 Å². The van der Waals surface area contributed by atoms with Crippen molar-refractivity contribution >= 4 is 22.8 Å². The largest absolute Gasteiger partial charge is 0.497 e. The number of piperidine rings is 1. The number of amides is 2. The number of imidazole rings is 1. The second-order valence-electron chi connectivity index (χ2n) is 7.47. The summed E-state index contributed by atoms with van der Waals surface area (Å²) in [7, 11) is 1.64. The molecular weight excluding hydrogens is 352 g/mol. The van der Waals surface area contributed by atoms with Crippen LogP contribution < -0.4 is 10.1 Å². The van der Waals surface area contributed by atoms with Gasteiger partial charge >= 0.3 is 6.03 Å². The Morgan fingerprint density at radius 3 is 2.96 bits per heavy atom. The van der Waals surface area contributed by atoms with Crippen molar-refractivity contribution < 1.29 is 9.53 Å². The quantitative estimate of drug-likeness (QED) is 0.708. The van der Waals surface area contributed by atoms with E-state index in [-0.39, 0.29) is 6.03 Å². The second-order valence-corrected chi connectivity index (χ2v) is 7.47. The third-order valence-corrected chi connectivity index (χ3v) is 5.40. The standard InChI is InChI=1S/C22H26N4O2/c1-15-12-17(28-2)9-10-18(15)25-22(27)26-11-5-6-16(14-26)13-21-23-19-7-3-4-8-20(19)24-21/h3-4,7-10,12,16H,5-6,11,13-14H2,1-2H3,(H,23,24)(H,25,27). The van der Waals surface area contributed by atoms with Gasteiger partial charge in [0.25, 0.3) is 0 Å². The SMILES string of the molecule is COc1ccc(NC(=O)N2CCCC(Cc3nc4ccccc4[nH]3)C2)c(C)c1. The highest BCUT2D eigenvalue weighted by Gasteiger charge is 2.25. The molecule has 146 valence electrons. The van der Waals surface area contributed by atoms with Gasteiger partial charge < -0.3 is 19.9 Å². The topological polar surface area (TPSA) is 70.2 Å². The number of urea groups is 1. The molecule has 1 aliphatic heterocycles. The molecule has 0 aliphatic carbocycles. The van der Waals surface area contributed by atoms with Crippen molar-refractivity contribution in [2.75, 3.05) is 25.5 Å². The summed E-state index contributed by atoms with van der Waals surface area (Å²) < 4.78 is 5.23. The Hall–Kier alpha value is -3.02. The molecule has 1 fully saturated rings. The number of nitrogens with zero attached hydrogens (tertiary/aromatic N) is 2. The third kappa shape index (κ3) is 3.96. The van der Waals surface area contributed by atoms with Crippen LogP contribution in [0, 0.1) is 12.8 Å². The number of aryl methyl sites for hydroxylation is 1. The number of ether oxygens (including phenoxy) is 1. The van der Waals surface area contributed by atoms with Crippen LogP contribution in [0.2, 0.25) is 0 Å². The fraction of sp³-hybridized carbons (Fsp3) is 0.364. The van der Waals surface area contributed by atoms with Crippen LogP contribution >= 0.6 is 0 Å². The molecule has 28 heavy (non-hydrogen) atoms. The molecule has 2 aromatic carbocycles. The highest BCUT2D eigenvalue weighted by atomic mass is 16.5. The summed E-state index contributed by atoms with van der Waals surface area (Å²) in [5, 5.41) is 3.05. The van der Waals surface area contributed by atoms with Gasteiger partial charge in [0.05, 0.1) is 18.1 Å². The number of methoxy groups -OCH3 is 1. The van der Waals surface area contributed by atoms with E-state index in [0.29, 0.717) is 5.92 Å². The summed E-state index contributed by atoms with van der Waals surface area (Å²) in [6.07, 6.45) is 2.99. The summed E-state index contributed by atoms with van der Waals surface area (Å²) in [5.41, 5.74) is 3.88. The minimum atomic E-state index is -0.0393. The maximum absolute atomic E-state index is 12.8. The van der Waals surface area contributed by atoms with E-state index in [1.165, 1.54) is 0 Å². The smallest absolute Gasteiger partial charge is 0.321 e. The van der Waals surface area contributed by atoms with E-state index >= 15 is 0 Å². The van der Waals surface area contributed by atoms with Crippen LogP contribution in [0.25, 0.3) is 11.0 Å². The molecular formula is C22H26N4O2. The molecule has 1 saturated heterocycles. The molecule has 6 nitrogen and oxygen atoms in total. The number of nitrogens with one attached hydrogen (secondary N) is 2. The number of rotatable bonds is 4. The zero-order valence-corrected chi connectivity index (χ0v) is 16.4. The molecule has 1 unspecified atom stereocenters. The molecule has 0 spiro atoms. The first kappa shape index (κ1) is 18.3. The van der Waals surface area contributed by atoms with E-state index in [1.54, 1.807) is 7.11 Å². The molecule has 6 heteroatoms. The molecule has 1 aromatic heterocycles. The number of fused-ring (bicyclic) bond motifs is 1. The molecule has 0 saturated carbocycles. The average Bonchev–Trinajstić information content (AvgIpc) is 3.11. The fourth-order valence-electron chi connectivity index (χ4n) is 3.89. The van der Waals surface area contributed by atoms with Crippen molar-refractivity contribution in [2.24, 2.45) is 5.92 Å². The minimum Gasteiger partial charge on any atom is -0.497 e. The van der Waals surface area contributed by atoms with Crippen LogP contribution in [0.1, 0.15) is 24.2 Å². The Morgan fingerprint density at radius 1 is 1.32 bits per heavy atom. The number of carbonyl (C=O) groups excluding carboxylic acids is 1. The van der Waals surface area contributed by atoms with Crippen LogP contribution in [0.15, 0.2) is 42.5 Å². The number of anilines is 1. The van der Waals surface area contributed by atoms with Gasteiger partial charge in [-0.05, 0) is 61.6 Å². The lowest BCUT2D eigenvalue weighted by Gasteiger charge is -2.32. The Morgan fingerprint density at radius 2 is 2.18 bits per heavy atom. The monoisotopic (exact) mass is 378 g/mol. The van der Waals surface area contributed by atoms with Crippen molar-refractivity contribution in [3.63, 3.8) is 0 Å². The van der Waals surface area contributed by atoms with Gasteiger partial charge in [0.2, 0.25) is 0 Å². The van der Waals surface area contributed by atoms with Crippen LogP contribution in [0.4, 0.5) is 10.5 Å². The normalized spacial score (nSPS) is 16.9. The lowest BCUT2D eigenvalue weighted by Crippen LogP contribution is -2.43. The van der Waals surface area contributed by atoms with E-state index in [2.05, 4.69) is 15.3 Å². The van der Waals surface area contributed by atoms with Crippen LogP contribution in [0.3, 0.4) is 0 Å². The molecule has 2 amide bonds. The van der Waals surface area contributed by atoms with Crippen LogP contribution in [-0.2, 0) is 6.42 Å². The van der Waals surface area contributed by atoms with Crippen LogP contribution in [-0.4, -0.2) is 41.1 Å². The number of carbonyl (C=O) groups is 1. The highest BCUT2D eigenvalue weighted by Crippen LogP contribution is 2.24. The van der Waals surface area contributed by atoms with Gasteiger partial charge in [-0.3, -0.25) is 0 Å². The van der Waals surface area contributed by atoms with Gasteiger partial charge in [-0.1, -0.05) is 12.1 Å². The van der Waals surface area contributed by atoms with E-state index < -0.39 is 0 Å². The van der Waals surface area contributed by atoms with Gasteiger partial charge in [0, 0.05) is 25.2 Å². The van der Waals surface area contributed by atoms with E-state index in [0.717, 1.165) is 66.2 Å². The zero-order chi connectivity index (χ0) is 19.5. The van der Waals surface area contributed by atoms with E-state index in [1.807, 2.05) is 54.3 Å². The van der Waals surface area contributed by atoms with Gasteiger partial charge in [-0.2, -0.15) is 0 Å². The number of benzene rings is 2. The van der Waals surface area contributed by atoms with Crippen LogP contribution in [0.5, 0.6) is 5.75 Å². The Bertz CT molecular complexity index is 949. The molecule has 0 bridgehead atoms. The van der Waals surface area contributed by atoms with Gasteiger partial charge in [0.1, 0.15) is 11.6 Å². The molecule has 3 aromatic rings. The Balaban J connectivity index is 1.39. The van der Waals surface area contributed by atoms with E-state index in [4.69, 9.17) is 4.74 Å². The first-order valence-electron chi connectivity index (χ1n) is 9.76. The number of aromatic nitrogens is 2. The lowest BCUT2D eigenvalue weighted by atomic mass is 9.95. The first-order chi connectivity index (χ1) is 13.6. The minimum absolute atomic E-state index is 0.0393. The Kier molecular flexibility index (Phi) is 5.19. The Labute approximate surface area is 164 Å². The number of likely N-dealkylation sites (tertiary alicyclic amines) is 1. The third-order valence-electron chi connectivity index (χ3n) is 5.40. The summed E-state index contributed by atoms with van der Waals surface area (Å²) in [4.78, 5) is 22.8. The molecule has 0 radical (unpaired) electrons. The van der Waals surface area contributed by atoms with Crippen molar-refractivity contribution in [2.45, 2.75) is 26.2 Å². The maximum atomic E-state index is 12.8. The molecule has 1 atom stereocenters. The van der Waals surface area contributed by atoms with Gasteiger partial charge in [-0.15, -0.1) is 0 Å². The first-order valence-corrected chi connectivity index (χ1v) is 9.76. The summed E-state index contributed by atoms with van der Waals surface area (Å²) in [6, 6.07) is 13.7. The number of aromatic amines is 1. The number of hydrogen-bond donors (Lipinski definition) is 2. The number of para-hydroxylation sites is 2. The lowest BCUT2D eigenvalue weighted by molar-refractivity contribution is 0.176. The summed E-state index contributed by atoms with van der Waals surface area (Å²) >= 11 is 0. The van der Waals surface area contributed by atoms with Gasteiger partial charge in [-0.25, -0.2) is 9.78 Å². The summed E-state index contributed by atoms with van der Waals surface area (Å²) in [5.74, 6) is 2.20. The molecule has 4 rings (SSSR count). The summed E-state index contributed by atoms with van der Waals surface area (Å²) in [6.45, 7) is 3.51. The fourth-order valence-corrected chi connectivity index (χ4v) is 3.89. The van der Waals surface area contributed by atoms with Crippen molar-refractivity contribution in [3.8, 4) is 5.75 Å². The molecule has 2 heterocycles. The molecule has 2 N–H and O–H groups in total. The highest BCUT2D eigenvalue weighted by molar-refractivity contribution is 5.90. The average molecular weight is 378 g/mol. The second kappa shape index (κ2) is 7.92. The number of H-pyrrole nitrogens is 1. The van der Waals surface area contributed by atoms with Crippen molar-refractivity contribution in [1.82, 2.24) is 14.9 Å². The number of hydrogen-bond acceptors (Lipinski definition) is 3. The molecule has 1 aliphatic rings. The predicted octanol–water partition coefficient (Wildman–Crippen LogP) is 4.37. The maximum Gasteiger partial charge on any atom is 0.321 e. The van der Waals surface area contributed by atoms with Crippen molar-refractivity contribution in [1.29, 1.82) is 0 Å². The van der Waals surface area contributed by atoms with Crippen molar-refractivity contribution in [3.05, 3.63) is 53.9 Å². The predicted molar refractivity (Wildman–Crippen MR) is 111 cm³/mol. The van der Waals surface area contributed by atoms with E-state index in [9.17, 15) is 4.79 Å². The zero-order valence-electron chi connectivity index (χ0n) is 16.4.